The first-order valence-corrected chi connectivity index (χ1v) is 19.3. The van der Waals surface area contributed by atoms with Crippen molar-refractivity contribution in [3.8, 4) is 17.2 Å². The van der Waals surface area contributed by atoms with Crippen LogP contribution in [-0.4, -0.2) is 104 Å². The SMILES string of the molecule is COc1ccc(CO[C@H]2/C=C\C(=O)[C@@H](O)[C@@H](O)C/C=C/c3cc(C)cc(O)c3C(=O)O[C@H]2C)cc1.Cc1cc(O)c2c(c1)/C=C/C(O)C[C@H](O)C(=O)/C=C\C[C@H](C)OC2=O. The quantitative estimate of drug-likeness (QED) is 0.190. The molecule has 0 aliphatic carbocycles. The molecule has 320 valence electrons. The van der Waals surface area contributed by atoms with Gasteiger partial charge in [-0.15, -0.1) is 0 Å². The van der Waals surface area contributed by atoms with Crippen LogP contribution in [-0.2, 0) is 30.4 Å². The number of aryl methyl sites for hydroxylation is 2. The van der Waals surface area contributed by atoms with Gasteiger partial charge in [0.05, 0.1) is 25.9 Å². The third-order valence-corrected chi connectivity index (χ3v) is 9.48. The van der Waals surface area contributed by atoms with Gasteiger partial charge in [-0.2, -0.15) is 0 Å². The summed E-state index contributed by atoms with van der Waals surface area (Å²) in [5.74, 6) is -2.42. The lowest BCUT2D eigenvalue weighted by Crippen LogP contribution is -2.34. The van der Waals surface area contributed by atoms with E-state index in [9.17, 15) is 49.8 Å². The number of ether oxygens (including phenoxy) is 4. The van der Waals surface area contributed by atoms with Gasteiger partial charge >= 0.3 is 11.9 Å². The van der Waals surface area contributed by atoms with Crippen molar-refractivity contribution >= 4 is 35.7 Å². The summed E-state index contributed by atoms with van der Waals surface area (Å²) < 4.78 is 22.0. The van der Waals surface area contributed by atoms with Crippen LogP contribution >= 0.6 is 0 Å². The number of phenols is 2. The van der Waals surface area contributed by atoms with Crippen molar-refractivity contribution in [1.29, 1.82) is 0 Å². The second kappa shape index (κ2) is 21.9. The zero-order chi connectivity index (χ0) is 44.1. The molecular formula is C46H52O14. The highest BCUT2D eigenvalue weighted by molar-refractivity contribution is 5.98. The number of esters is 2. The lowest BCUT2D eigenvalue weighted by molar-refractivity contribution is -0.127. The van der Waals surface area contributed by atoms with Crippen LogP contribution < -0.4 is 4.74 Å². The topological polar surface area (TPSA) is 227 Å². The second-order valence-corrected chi connectivity index (χ2v) is 14.6. The van der Waals surface area contributed by atoms with Crippen molar-refractivity contribution in [2.45, 2.75) is 96.3 Å². The minimum Gasteiger partial charge on any atom is -0.507 e. The van der Waals surface area contributed by atoms with E-state index in [0.29, 0.717) is 22.4 Å². The van der Waals surface area contributed by atoms with Crippen molar-refractivity contribution in [3.63, 3.8) is 0 Å². The maximum absolute atomic E-state index is 13.0. The Morgan fingerprint density at radius 1 is 0.700 bits per heavy atom. The first-order valence-electron chi connectivity index (χ1n) is 19.3. The zero-order valence-electron chi connectivity index (χ0n) is 34.1. The van der Waals surface area contributed by atoms with E-state index in [-0.39, 0.29) is 48.5 Å². The third-order valence-electron chi connectivity index (χ3n) is 9.48. The molecule has 1 unspecified atom stereocenters. The lowest BCUT2D eigenvalue weighted by Gasteiger charge is -2.23. The Morgan fingerprint density at radius 2 is 1.28 bits per heavy atom. The van der Waals surface area contributed by atoms with Crippen LogP contribution in [0.1, 0.15) is 81.6 Å². The highest BCUT2D eigenvalue weighted by Gasteiger charge is 2.27. The summed E-state index contributed by atoms with van der Waals surface area (Å²) in [6, 6.07) is 13.5. The molecule has 0 spiro atoms. The molecule has 60 heavy (non-hydrogen) atoms. The van der Waals surface area contributed by atoms with Crippen LogP contribution in [0.15, 0.2) is 85.0 Å². The van der Waals surface area contributed by atoms with E-state index in [2.05, 4.69) is 0 Å². The molecule has 3 aromatic carbocycles. The number of fused-ring (bicyclic) bond motifs is 2. The first kappa shape index (κ1) is 46.8. The lowest BCUT2D eigenvalue weighted by atomic mass is 10.00. The van der Waals surface area contributed by atoms with Gasteiger partial charge in [-0.05, 0) is 104 Å². The molecular weight excluding hydrogens is 776 g/mol. The summed E-state index contributed by atoms with van der Waals surface area (Å²) in [6.07, 6.45) is 3.57. The van der Waals surface area contributed by atoms with Gasteiger partial charge in [0.25, 0.3) is 0 Å². The van der Waals surface area contributed by atoms with E-state index < -0.39 is 66.2 Å². The maximum Gasteiger partial charge on any atom is 0.342 e. The van der Waals surface area contributed by atoms with Gasteiger partial charge in [0.15, 0.2) is 11.6 Å². The molecule has 2 aliphatic rings. The Labute approximate surface area is 348 Å². The molecule has 2 heterocycles. The predicted octanol–water partition coefficient (Wildman–Crippen LogP) is 5.00. The van der Waals surface area contributed by atoms with Gasteiger partial charge in [-0.1, -0.05) is 54.6 Å². The highest BCUT2D eigenvalue weighted by Crippen LogP contribution is 2.29. The Hall–Kier alpha value is -5.90. The van der Waals surface area contributed by atoms with Gasteiger partial charge in [0.2, 0.25) is 0 Å². The number of hydrogen-bond donors (Lipinski definition) is 6. The van der Waals surface area contributed by atoms with Crippen molar-refractivity contribution in [2.75, 3.05) is 7.11 Å². The van der Waals surface area contributed by atoms with E-state index >= 15 is 0 Å². The number of cyclic esters (lactones) is 2. The number of methoxy groups -OCH3 is 1. The van der Waals surface area contributed by atoms with E-state index in [1.54, 1.807) is 59.1 Å². The largest absolute Gasteiger partial charge is 0.507 e. The average Bonchev–Trinajstić information content (AvgIpc) is 3.18. The van der Waals surface area contributed by atoms with Crippen LogP contribution in [0.5, 0.6) is 17.2 Å². The van der Waals surface area contributed by atoms with Crippen molar-refractivity contribution in [3.05, 3.63) is 124 Å². The van der Waals surface area contributed by atoms with E-state index in [1.165, 1.54) is 54.7 Å². The number of rotatable bonds is 4. The molecule has 7 atom stereocenters. The normalized spacial score (nSPS) is 26.2. The minimum atomic E-state index is -1.63. The number of aliphatic hydroxyl groups excluding tert-OH is 4. The number of carbonyl (C=O) groups is 4. The van der Waals surface area contributed by atoms with Gasteiger partial charge in [-0.25, -0.2) is 9.59 Å². The van der Waals surface area contributed by atoms with Crippen LogP contribution in [0.4, 0.5) is 0 Å². The molecule has 0 radical (unpaired) electrons. The average molecular weight is 829 g/mol. The number of hydrogen-bond acceptors (Lipinski definition) is 14. The van der Waals surface area contributed by atoms with Crippen LogP contribution in [0.2, 0.25) is 0 Å². The van der Waals surface area contributed by atoms with Crippen LogP contribution in [0, 0.1) is 13.8 Å². The highest BCUT2D eigenvalue weighted by atomic mass is 16.6. The Balaban J connectivity index is 0.000000280. The number of benzene rings is 3. The third kappa shape index (κ3) is 13.3. The van der Waals surface area contributed by atoms with Crippen molar-refractivity contribution < 1.29 is 68.8 Å². The molecule has 0 saturated carbocycles. The zero-order valence-corrected chi connectivity index (χ0v) is 34.1. The minimum absolute atomic E-state index is 0.0126. The Bertz CT molecular complexity index is 2120. The van der Waals surface area contributed by atoms with Crippen LogP contribution in [0.25, 0.3) is 12.2 Å². The number of aromatic hydroxyl groups is 2. The standard InChI is InChI=1S/C27H30O8.C19H22O6/c1-16-13-19-5-4-6-21(28)26(31)22(29)11-12-24(17(2)35-27(32)25(19)23(30)14-16)34-15-18-7-9-20(33-3)10-8-18;1-11-8-13-6-7-14(20)10-16(22)15(21)5-3-4-12(2)25-19(24)18(13)17(23)9-11/h4-5,7-14,17,21,24,26,28,30-31H,6,15H2,1-3H3;3,5-9,12,14,16,20,22-23H,4,10H2,1-2H3/b5-4+,12-11-;5-3-,7-6+/t17-,21-,24-,26-;12-,14?,16-/m00/s1. The first-order chi connectivity index (χ1) is 28.5. The summed E-state index contributed by atoms with van der Waals surface area (Å²) >= 11 is 0. The molecule has 0 fully saturated rings. The molecule has 3 aromatic rings. The van der Waals surface area contributed by atoms with Gasteiger partial charge in [0.1, 0.15) is 58.9 Å². The van der Waals surface area contributed by atoms with E-state index in [4.69, 9.17) is 18.9 Å². The van der Waals surface area contributed by atoms with Crippen molar-refractivity contribution in [2.24, 2.45) is 0 Å². The fourth-order valence-corrected chi connectivity index (χ4v) is 6.21. The summed E-state index contributed by atoms with van der Waals surface area (Å²) in [4.78, 5) is 49.6. The van der Waals surface area contributed by atoms with Gasteiger partial charge in [0, 0.05) is 12.8 Å². The van der Waals surface area contributed by atoms with Crippen molar-refractivity contribution in [1.82, 2.24) is 0 Å². The molecule has 6 N–H and O–H groups in total. The number of phenolic OH excluding ortho intramolecular Hbond substituents is 2. The van der Waals surface area contributed by atoms with E-state index in [1.807, 2.05) is 12.1 Å². The molecule has 0 aromatic heterocycles. The number of ketones is 2. The van der Waals surface area contributed by atoms with E-state index in [0.717, 1.165) is 17.2 Å². The predicted molar refractivity (Wildman–Crippen MR) is 221 cm³/mol. The van der Waals surface area contributed by atoms with Gasteiger partial charge in [-0.3, -0.25) is 9.59 Å². The molecule has 0 amide bonds. The summed E-state index contributed by atoms with van der Waals surface area (Å²) in [7, 11) is 1.57. The molecule has 0 bridgehead atoms. The van der Waals surface area contributed by atoms with Crippen LogP contribution in [0.3, 0.4) is 0 Å². The molecule has 0 saturated heterocycles. The molecule has 2 aliphatic heterocycles. The maximum atomic E-state index is 13.0. The second-order valence-electron chi connectivity index (χ2n) is 14.6. The smallest absolute Gasteiger partial charge is 0.342 e. The Kier molecular flexibility index (Phi) is 17.1. The molecule has 14 nitrogen and oxygen atoms in total. The summed E-state index contributed by atoms with van der Waals surface area (Å²) in [5, 5.41) is 60.9. The van der Waals surface area contributed by atoms with Gasteiger partial charge < -0.3 is 49.6 Å². The monoisotopic (exact) mass is 828 g/mol. The fourth-order valence-electron chi connectivity index (χ4n) is 6.21. The molecule has 14 heteroatoms. The summed E-state index contributed by atoms with van der Waals surface area (Å²) in [5.41, 5.74) is 3.03. The summed E-state index contributed by atoms with van der Waals surface area (Å²) in [6.45, 7) is 6.93. The number of aliphatic hydroxyl groups is 4. The number of carbonyl (C=O) groups excluding carboxylic acids is 4. The Morgan fingerprint density at radius 3 is 1.90 bits per heavy atom. The molecule has 5 rings (SSSR count). The fraction of sp³-hybridized carbons (Fsp3) is 0.348.